The minimum Gasteiger partial charge on any atom is -0.345 e. The molecule has 160 valence electrons. The van der Waals surface area contributed by atoms with Gasteiger partial charge in [-0.3, -0.25) is 4.79 Å². The van der Waals surface area contributed by atoms with Crippen LogP contribution in [-0.4, -0.2) is 31.7 Å². The third-order valence-electron chi connectivity index (χ3n) is 5.69. The van der Waals surface area contributed by atoms with Crippen molar-refractivity contribution in [1.29, 1.82) is 0 Å². The molecule has 0 unspecified atom stereocenters. The van der Waals surface area contributed by atoms with Gasteiger partial charge in [0.1, 0.15) is 0 Å². The Balaban J connectivity index is 1.53. The molecule has 6 heteroatoms. The first kappa shape index (κ1) is 21.3. The van der Waals surface area contributed by atoms with E-state index in [4.69, 9.17) is 0 Å². The highest BCUT2D eigenvalue weighted by Gasteiger charge is 2.34. The van der Waals surface area contributed by atoms with Gasteiger partial charge in [-0.25, -0.2) is 8.42 Å². The summed E-state index contributed by atoms with van der Waals surface area (Å²) in [6, 6.07) is 27.8. The predicted octanol–water partition coefficient (Wildman–Crippen LogP) is 3.99. The van der Waals surface area contributed by atoms with Crippen molar-refractivity contribution >= 4 is 15.9 Å². The fraction of sp³-hybridized carbons (Fsp3) is 0.240. The van der Waals surface area contributed by atoms with Gasteiger partial charge in [-0.1, -0.05) is 78.9 Å². The zero-order valence-electron chi connectivity index (χ0n) is 17.2. The lowest BCUT2D eigenvalue weighted by atomic mass is 9.95. The molecule has 1 atom stereocenters. The van der Waals surface area contributed by atoms with E-state index in [0.717, 1.165) is 11.1 Å². The van der Waals surface area contributed by atoms with Crippen molar-refractivity contribution in [2.75, 3.05) is 13.1 Å². The van der Waals surface area contributed by atoms with Gasteiger partial charge in [0.15, 0.2) is 0 Å². The summed E-state index contributed by atoms with van der Waals surface area (Å²) in [6.45, 7) is 0.626. The highest BCUT2D eigenvalue weighted by Crippen LogP contribution is 2.26. The Morgan fingerprint density at radius 3 is 1.90 bits per heavy atom. The molecule has 0 spiro atoms. The maximum absolute atomic E-state index is 13.2. The molecule has 1 aliphatic heterocycles. The Kier molecular flexibility index (Phi) is 6.49. The normalized spacial score (nSPS) is 17.4. The molecule has 0 saturated carbocycles. The molecule has 1 aliphatic rings. The minimum absolute atomic E-state index is 0.120. The van der Waals surface area contributed by atoms with Crippen LogP contribution in [-0.2, 0) is 14.8 Å². The van der Waals surface area contributed by atoms with Crippen LogP contribution in [0, 0.1) is 5.92 Å². The van der Waals surface area contributed by atoms with Crippen LogP contribution in [0.2, 0.25) is 0 Å². The van der Waals surface area contributed by atoms with E-state index in [2.05, 4.69) is 5.32 Å². The summed E-state index contributed by atoms with van der Waals surface area (Å²) in [5, 5.41) is 3.17. The molecular formula is C25H26N2O3S. The van der Waals surface area contributed by atoms with Crippen LogP contribution >= 0.6 is 0 Å². The van der Waals surface area contributed by atoms with Crippen molar-refractivity contribution in [3.63, 3.8) is 0 Å². The third kappa shape index (κ3) is 4.86. The number of carbonyl (C=O) groups excluding carboxylic acids is 1. The van der Waals surface area contributed by atoms with Crippen LogP contribution in [0.5, 0.6) is 0 Å². The first-order valence-corrected chi connectivity index (χ1v) is 11.9. The summed E-state index contributed by atoms with van der Waals surface area (Å²) in [5.74, 6) is -0.507. The standard InChI is InChI=1S/C25H26N2O3S/c28-25(26-24(20-11-4-1-5-12-20)21-13-6-2-7-14-21)22-15-10-18-27(19-22)31(29,30)23-16-8-3-9-17-23/h1-9,11-14,16-17,22,24H,10,15,18-19H2,(H,26,28)/t22-/m0/s1. The number of amides is 1. The van der Waals surface area contributed by atoms with E-state index in [0.29, 0.717) is 19.4 Å². The second-order valence-corrected chi connectivity index (χ2v) is 9.72. The number of carbonyl (C=O) groups is 1. The van der Waals surface area contributed by atoms with E-state index in [1.165, 1.54) is 4.31 Å². The first-order valence-electron chi connectivity index (χ1n) is 10.5. The Labute approximate surface area is 183 Å². The third-order valence-corrected chi connectivity index (χ3v) is 7.57. The molecule has 0 radical (unpaired) electrons. The van der Waals surface area contributed by atoms with Crippen molar-refractivity contribution in [2.24, 2.45) is 5.92 Å². The van der Waals surface area contributed by atoms with Gasteiger partial charge in [0.2, 0.25) is 15.9 Å². The van der Waals surface area contributed by atoms with Gasteiger partial charge in [0, 0.05) is 13.1 Å². The lowest BCUT2D eigenvalue weighted by molar-refractivity contribution is -0.126. The molecule has 4 rings (SSSR count). The molecular weight excluding hydrogens is 408 g/mol. The number of piperidine rings is 1. The number of hydrogen-bond donors (Lipinski definition) is 1. The van der Waals surface area contributed by atoms with Gasteiger partial charge >= 0.3 is 0 Å². The van der Waals surface area contributed by atoms with Gasteiger partial charge < -0.3 is 5.32 Å². The van der Waals surface area contributed by atoms with Crippen molar-refractivity contribution in [1.82, 2.24) is 9.62 Å². The number of nitrogens with one attached hydrogen (secondary N) is 1. The first-order chi connectivity index (χ1) is 15.1. The zero-order valence-corrected chi connectivity index (χ0v) is 18.0. The van der Waals surface area contributed by atoms with Crippen molar-refractivity contribution in [2.45, 2.75) is 23.8 Å². The largest absolute Gasteiger partial charge is 0.345 e. The zero-order chi connectivity index (χ0) is 21.7. The Bertz CT molecular complexity index is 1060. The summed E-state index contributed by atoms with van der Waals surface area (Å²) >= 11 is 0. The second-order valence-electron chi connectivity index (χ2n) is 7.78. The van der Waals surface area contributed by atoms with Gasteiger partial charge in [-0.15, -0.1) is 0 Å². The van der Waals surface area contributed by atoms with E-state index in [-0.39, 0.29) is 29.3 Å². The van der Waals surface area contributed by atoms with Crippen LogP contribution in [0.25, 0.3) is 0 Å². The maximum Gasteiger partial charge on any atom is 0.243 e. The Morgan fingerprint density at radius 1 is 0.839 bits per heavy atom. The molecule has 5 nitrogen and oxygen atoms in total. The predicted molar refractivity (Wildman–Crippen MR) is 121 cm³/mol. The fourth-order valence-corrected chi connectivity index (χ4v) is 5.57. The van der Waals surface area contributed by atoms with Crippen LogP contribution in [0.3, 0.4) is 0 Å². The molecule has 1 amide bonds. The number of rotatable bonds is 6. The highest BCUT2D eigenvalue weighted by molar-refractivity contribution is 7.89. The minimum atomic E-state index is -3.61. The fourth-order valence-electron chi connectivity index (χ4n) is 4.03. The molecule has 3 aromatic carbocycles. The van der Waals surface area contributed by atoms with Gasteiger partial charge in [0.05, 0.1) is 16.9 Å². The highest BCUT2D eigenvalue weighted by atomic mass is 32.2. The van der Waals surface area contributed by atoms with Crippen LogP contribution in [0.4, 0.5) is 0 Å². The van der Waals surface area contributed by atoms with E-state index < -0.39 is 10.0 Å². The number of hydrogen-bond acceptors (Lipinski definition) is 3. The van der Waals surface area contributed by atoms with Crippen LogP contribution < -0.4 is 5.32 Å². The monoisotopic (exact) mass is 434 g/mol. The van der Waals surface area contributed by atoms with Crippen molar-refractivity contribution in [3.05, 3.63) is 102 Å². The maximum atomic E-state index is 13.2. The van der Waals surface area contributed by atoms with E-state index in [1.54, 1.807) is 30.3 Å². The van der Waals surface area contributed by atoms with Crippen molar-refractivity contribution < 1.29 is 13.2 Å². The van der Waals surface area contributed by atoms with Crippen LogP contribution in [0.15, 0.2) is 95.9 Å². The quantitative estimate of drug-likeness (QED) is 0.638. The summed E-state index contributed by atoms with van der Waals surface area (Å²) in [4.78, 5) is 13.5. The van der Waals surface area contributed by atoms with Crippen LogP contribution in [0.1, 0.15) is 30.0 Å². The molecule has 0 bridgehead atoms. The van der Waals surface area contributed by atoms with Crippen molar-refractivity contribution in [3.8, 4) is 0 Å². The van der Waals surface area contributed by atoms with Gasteiger partial charge in [0.25, 0.3) is 0 Å². The molecule has 1 fully saturated rings. The van der Waals surface area contributed by atoms with E-state index in [1.807, 2.05) is 60.7 Å². The summed E-state index contributed by atoms with van der Waals surface area (Å²) in [6.07, 6.45) is 1.33. The summed E-state index contributed by atoms with van der Waals surface area (Å²) < 4.78 is 27.5. The average molecular weight is 435 g/mol. The number of sulfonamides is 1. The summed E-state index contributed by atoms with van der Waals surface area (Å²) in [7, 11) is -3.61. The Morgan fingerprint density at radius 2 is 1.35 bits per heavy atom. The number of nitrogens with zero attached hydrogens (tertiary/aromatic N) is 1. The molecule has 0 aliphatic carbocycles. The molecule has 1 heterocycles. The summed E-state index contributed by atoms with van der Waals surface area (Å²) in [5.41, 5.74) is 1.98. The van der Waals surface area contributed by atoms with Gasteiger partial charge in [-0.2, -0.15) is 4.31 Å². The molecule has 1 saturated heterocycles. The van der Waals surface area contributed by atoms with E-state index in [9.17, 15) is 13.2 Å². The molecule has 3 aromatic rings. The SMILES string of the molecule is O=C(NC(c1ccccc1)c1ccccc1)[C@H]1CCCN(S(=O)(=O)c2ccccc2)C1. The average Bonchev–Trinajstić information content (AvgIpc) is 2.84. The topological polar surface area (TPSA) is 66.5 Å². The molecule has 0 aromatic heterocycles. The lowest BCUT2D eigenvalue weighted by Crippen LogP contribution is -2.46. The number of benzene rings is 3. The lowest BCUT2D eigenvalue weighted by Gasteiger charge is -2.32. The van der Waals surface area contributed by atoms with Gasteiger partial charge in [-0.05, 0) is 36.1 Å². The smallest absolute Gasteiger partial charge is 0.243 e. The van der Waals surface area contributed by atoms with E-state index >= 15 is 0 Å². The second kappa shape index (κ2) is 9.45. The molecule has 1 N–H and O–H groups in total. The Hall–Kier alpha value is -2.96. The molecule has 31 heavy (non-hydrogen) atoms.